The van der Waals surface area contributed by atoms with Gasteiger partial charge in [0.25, 0.3) is 0 Å². The second kappa shape index (κ2) is 8.77. The van der Waals surface area contributed by atoms with Gasteiger partial charge in [-0.05, 0) is 25.0 Å². The maximum atomic E-state index is 12.3. The van der Waals surface area contributed by atoms with Gasteiger partial charge >= 0.3 is 5.97 Å². The van der Waals surface area contributed by atoms with Crippen molar-refractivity contribution in [3.8, 4) is 0 Å². The maximum absolute atomic E-state index is 12.3. The average Bonchev–Trinajstić information content (AvgIpc) is 3.33. The van der Waals surface area contributed by atoms with Crippen molar-refractivity contribution in [1.82, 2.24) is 4.98 Å². The van der Waals surface area contributed by atoms with E-state index in [1.54, 1.807) is 29.6 Å². The van der Waals surface area contributed by atoms with Crippen molar-refractivity contribution < 1.29 is 19.1 Å². The number of anilines is 2. The van der Waals surface area contributed by atoms with E-state index in [2.05, 4.69) is 15.6 Å². The van der Waals surface area contributed by atoms with Crippen LogP contribution in [0.25, 0.3) is 0 Å². The lowest BCUT2D eigenvalue weighted by Crippen LogP contribution is -2.20. The molecule has 0 spiro atoms. The lowest BCUT2D eigenvalue weighted by atomic mass is 10.1. The smallest absolute Gasteiger partial charge is 0.339 e. The Morgan fingerprint density at radius 1 is 1.19 bits per heavy atom. The fourth-order valence-electron chi connectivity index (χ4n) is 3.08. The molecule has 142 valence electrons. The number of para-hydroxylation sites is 1. The normalized spacial score (nSPS) is 14.0. The van der Waals surface area contributed by atoms with Crippen LogP contribution in [0.5, 0.6) is 0 Å². The Morgan fingerprint density at radius 3 is 2.67 bits per heavy atom. The molecule has 0 aliphatic heterocycles. The molecule has 0 unspecified atom stereocenters. The summed E-state index contributed by atoms with van der Waals surface area (Å²) in [6, 6.07) is 6.64. The Balaban J connectivity index is 1.58. The molecule has 1 fully saturated rings. The summed E-state index contributed by atoms with van der Waals surface area (Å²) >= 11 is 1.30. The highest BCUT2D eigenvalue weighted by Gasteiger charge is 2.23. The van der Waals surface area contributed by atoms with Crippen LogP contribution in [-0.4, -0.2) is 29.9 Å². The molecule has 0 bridgehead atoms. The van der Waals surface area contributed by atoms with Gasteiger partial charge in [-0.1, -0.05) is 25.0 Å². The first-order chi connectivity index (χ1) is 13.1. The molecule has 1 aliphatic carbocycles. The Bertz CT molecular complexity index is 843. The standard InChI is InChI=1S/C19H21N3O4S/c1-26-18(25)14-8-4-5-9-15(14)21-16(23)10-13-11-27-19(20-13)22-17(24)12-6-2-3-7-12/h4-5,8-9,11-12H,2-3,6-7,10H2,1H3,(H,21,23)(H,20,22,24). The van der Waals surface area contributed by atoms with Crippen LogP contribution in [-0.2, 0) is 20.7 Å². The first-order valence-electron chi connectivity index (χ1n) is 8.79. The molecule has 1 saturated carbocycles. The number of thiazole rings is 1. The van der Waals surface area contributed by atoms with Crippen LogP contribution in [0.15, 0.2) is 29.6 Å². The van der Waals surface area contributed by atoms with E-state index in [4.69, 9.17) is 4.74 Å². The van der Waals surface area contributed by atoms with Gasteiger partial charge in [0.15, 0.2) is 5.13 Å². The van der Waals surface area contributed by atoms with Crippen molar-refractivity contribution in [1.29, 1.82) is 0 Å². The van der Waals surface area contributed by atoms with Crippen molar-refractivity contribution in [2.24, 2.45) is 5.92 Å². The van der Waals surface area contributed by atoms with E-state index in [0.717, 1.165) is 25.7 Å². The topological polar surface area (TPSA) is 97.4 Å². The fraction of sp³-hybridized carbons (Fsp3) is 0.368. The number of nitrogens with one attached hydrogen (secondary N) is 2. The highest BCUT2D eigenvalue weighted by atomic mass is 32.1. The van der Waals surface area contributed by atoms with Gasteiger partial charge in [-0.15, -0.1) is 11.3 Å². The minimum Gasteiger partial charge on any atom is -0.465 e. The zero-order valence-corrected chi connectivity index (χ0v) is 15.8. The minimum atomic E-state index is -0.517. The Labute approximate surface area is 161 Å². The number of carbonyl (C=O) groups excluding carboxylic acids is 3. The summed E-state index contributed by atoms with van der Waals surface area (Å²) in [6.45, 7) is 0. The number of hydrogen-bond acceptors (Lipinski definition) is 6. The summed E-state index contributed by atoms with van der Waals surface area (Å²) in [6.07, 6.45) is 4.08. The molecule has 0 saturated heterocycles. The van der Waals surface area contributed by atoms with Gasteiger partial charge in [0.1, 0.15) is 0 Å². The molecule has 0 atom stereocenters. The first-order valence-corrected chi connectivity index (χ1v) is 9.67. The average molecular weight is 387 g/mol. The van der Waals surface area contributed by atoms with E-state index in [1.807, 2.05) is 0 Å². The summed E-state index contributed by atoms with van der Waals surface area (Å²) in [5, 5.41) is 7.79. The van der Waals surface area contributed by atoms with Gasteiger partial charge in [-0.3, -0.25) is 9.59 Å². The second-order valence-corrected chi connectivity index (χ2v) is 7.23. The fourth-order valence-corrected chi connectivity index (χ4v) is 3.79. The van der Waals surface area contributed by atoms with Crippen molar-refractivity contribution in [3.05, 3.63) is 40.9 Å². The van der Waals surface area contributed by atoms with Gasteiger partial charge in [0.05, 0.1) is 30.5 Å². The largest absolute Gasteiger partial charge is 0.465 e. The molecule has 1 heterocycles. The predicted octanol–water partition coefficient (Wildman–Crippen LogP) is 3.24. The maximum Gasteiger partial charge on any atom is 0.339 e. The predicted molar refractivity (Wildman–Crippen MR) is 103 cm³/mol. The number of aromatic nitrogens is 1. The lowest BCUT2D eigenvalue weighted by Gasteiger charge is -2.09. The van der Waals surface area contributed by atoms with E-state index < -0.39 is 5.97 Å². The number of hydrogen-bond donors (Lipinski definition) is 2. The van der Waals surface area contributed by atoms with Crippen LogP contribution < -0.4 is 10.6 Å². The summed E-state index contributed by atoms with van der Waals surface area (Å²) in [7, 11) is 1.29. The third-order valence-corrected chi connectivity index (χ3v) is 5.26. The third-order valence-electron chi connectivity index (χ3n) is 4.46. The molecule has 1 aromatic carbocycles. The molecule has 8 heteroatoms. The highest BCUT2D eigenvalue weighted by molar-refractivity contribution is 7.13. The molecule has 7 nitrogen and oxygen atoms in total. The van der Waals surface area contributed by atoms with Gasteiger partial charge in [0.2, 0.25) is 11.8 Å². The summed E-state index contributed by atoms with van der Waals surface area (Å²) in [4.78, 5) is 40.5. The number of ether oxygens (including phenoxy) is 1. The molecule has 27 heavy (non-hydrogen) atoms. The van der Waals surface area contributed by atoms with Crippen molar-refractivity contribution in [3.63, 3.8) is 0 Å². The molecule has 2 N–H and O–H groups in total. The second-order valence-electron chi connectivity index (χ2n) is 6.38. The zero-order valence-electron chi connectivity index (χ0n) is 15.0. The molecule has 3 rings (SSSR count). The summed E-state index contributed by atoms with van der Waals surface area (Å²) in [5.41, 5.74) is 1.24. The number of rotatable bonds is 6. The van der Waals surface area contributed by atoms with Gasteiger partial charge in [-0.25, -0.2) is 9.78 Å². The van der Waals surface area contributed by atoms with Crippen LogP contribution in [0.2, 0.25) is 0 Å². The zero-order chi connectivity index (χ0) is 19.2. The number of benzene rings is 1. The number of methoxy groups -OCH3 is 1. The quantitative estimate of drug-likeness (QED) is 0.742. The van der Waals surface area contributed by atoms with Crippen molar-refractivity contribution >= 4 is 39.9 Å². The van der Waals surface area contributed by atoms with E-state index in [9.17, 15) is 14.4 Å². The SMILES string of the molecule is COC(=O)c1ccccc1NC(=O)Cc1csc(NC(=O)C2CCCC2)n1. The first kappa shape index (κ1) is 19.0. The van der Waals surface area contributed by atoms with Crippen molar-refractivity contribution in [2.45, 2.75) is 32.1 Å². The Hall–Kier alpha value is -2.74. The van der Waals surface area contributed by atoms with Crippen LogP contribution in [0, 0.1) is 5.92 Å². The van der Waals surface area contributed by atoms with Crippen LogP contribution >= 0.6 is 11.3 Å². The van der Waals surface area contributed by atoms with Crippen LogP contribution in [0.4, 0.5) is 10.8 Å². The summed E-state index contributed by atoms with van der Waals surface area (Å²) < 4.78 is 4.72. The highest BCUT2D eigenvalue weighted by Crippen LogP contribution is 2.27. The molecule has 0 radical (unpaired) electrons. The van der Waals surface area contributed by atoms with E-state index in [-0.39, 0.29) is 29.7 Å². The Kier molecular flexibility index (Phi) is 6.18. The van der Waals surface area contributed by atoms with E-state index in [0.29, 0.717) is 16.5 Å². The third kappa shape index (κ3) is 4.91. The molecule has 2 amide bonds. The Morgan fingerprint density at radius 2 is 1.93 bits per heavy atom. The van der Waals surface area contributed by atoms with Crippen LogP contribution in [0.3, 0.4) is 0 Å². The monoisotopic (exact) mass is 387 g/mol. The van der Waals surface area contributed by atoms with Crippen molar-refractivity contribution in [2.75, 3.05) is 17.7 Å². The number of esters is 1. The van der Waals surface area contributed by atoms with Gasteiger partial charge in [0, 0.05) is 11.3 Å². The number of amides is 2. The van der Waals surface area contributed by atoms with Gasteiger partial charge < -0.3 is 15.4 Å². The van der Waals surface area contributed by atoms with E-state index >= 15 is 0 Å². The molecule has 1 aliphatic rings. The number of nitrogens with zero attached hydrogens (tertiary/aromatic N) is 1. The van der Waals surface area contributed by atoms with Gasteiger partial charge in [-0.2, -0.15) is 0 Å². The number of carbonyl (C=O) groups is 3. The molecular weight excluding hydrogens is 366 g/mol. The molecular formula is C19H21N3O4S. The summed E-state index contributed by atoms with van der Waals surface area (Å²) in [5.74, 6) is -0.748. The molecule has 2 aromatic rings. The lowest BCUT2D eigenvalue weighted by molar-refractivity contribution is -0.119. The minimum absolute atomic E-state index is 0.00450. The molecule has 1 aromatic heterocycles. The van der Waals surface area contributed by atoms with E-state index in [1.165, 1.54) is 18.4 Å². The van der Waals surface area contributed by atoms with Crippen LogP contribution in [0.1, 0.15) is 41.7 Å².